The van der Waals surface area contributed by atoms with Crippen LogP contribution in [-0.4, -0.2) is 16.8 Å². The molecule has 0 spiro atoms. The van der Waals surface area contributed by atoms with Crippen LogP contribution in [0.25, 0.3) is 0 Å². The summed E-state index contributed by atoms with van der Waals surface area (Å²) < 4.78 is 0. The van der Waals surface area contributed by atoms with Crippen molar-refractivity contribution in [3.63, 3.8) is 0 Å². The van der Waals surface area contributed by atoms with Gasteiger partial charge in [-0.05, 0) is 42.2 Å². The van der Waals surface area contributed by atoms with Gasteiger partial charge in [0, 0.05) is 5.69 Å². The maximum absolute atomic E-state index is 12.9. The Kier molecular flexibility index (Phi) is 4.01. The number of anilines is 1. The minimum absolute atomic E-state index is 0.230. The molecule has 124 valence electrons. The molecule has 24 heavy (non-hydrogen) atoms. The van der Waals surface area contributed by atoms with Gasteiger partial charge in [0.15, 0.2) is 0 Å². The van der Waals surface area contributed by atoms with Gasteiger partial charge in [0.1, 0.15) is 5.54 Å². The first-order valence-electron chi connectivity index (χ1n) is 8.02. The van der Waals surface area contributed by atoms with Crippen LogP contribution in [0, 0.1) is 0 Å². The molecule has 1 aliphatic rings. The minimum Gasteiger partial charge on any atom is -0.399 e. The van der Waals surface area contributed by atoms with Gasteiger partial charge < -0.3 is 11.1 Å². The molecule has 0 radical (unpaired) electrons. The Labute approximate surface area is 141 Å². The summed E-state index contributed by atoms with van der Waals surface area (Å²) in [6.45, 7) is 4.05. The molecule has 1 atom stereocenters. The van der Waals surface area contributed by atoms with E-state index in [4.69, 9.17) is 5.73 Å². The molecule has 1 saturated heterocycles. The molecule has 0 bridgehead atoms. The lowest BCUT2D eigenvalue weighted by Gasteiger charge is -2.22. The van der Waals surface area contributed by atoms with E-state index in [1.54, 1.807) is 19.1 Å². The number of urea groups is 1. The summed E-state index contributed by atoms with van der Waals surface area (Å²) in [5.74, 6) is -0.242. The third-order valence-electron chi connectivity index (χ3n) is 4.53. The Hall–Kier alpha value is -2.82. The zero-order chi connectivity index (χ0) is 17.3. The zero-order valence-corrected chi connectivity index (χ0v) is 13.9. The second kappa shape index (κ2) is 6.00. The highest BCUT2D eigenvalue weighted by Gasteiger charge is 2.48. The lowest BCUT2D eigenvalue weighted by atomic mass is 9.91. The number of rotatable bonds is 4. The van der Waals surface area contributed by atoms with Crippen LogP contribution >= 0.6 is 0 Å². The van der Waals surface area contributed by atoms with Crippen molar-refractivity contribution < 1.29 is 9.59 Å². The largest absolute Gasteiger partial charge is 0.399 e. The molecular weight excluding hydrogens is 302 g/mol. The first-order chi connectivity index (χ1) is 11.4. The number of imide groups is 1. The molecule has 3 amide bonds. The molecule has 5 heteroatoms. The van der Waals surface area contributed by atoms with Gasteiger partial charge in [-0.2, -0.15) is 0 Å². The van der Waals surface area contributed by atoms with Crippen molar-refractivity contribution in [3.8, 4) is 0 Å². The Morgan fingerprint density at radius 2 is 1.58 bits per heavy atom. The Balaban J connectivity index is 1.85. The Morgan fingerprint density at radius 1 is 1.00 bits per heavy atom. The standard InChI is InChI=1S/C19H21N3O2/c1-3-13-4-8-15(9-5-13)19(2)17(23)22(18(24)21-19)12-14-6-10-16(20)11-7-14/h4-11H,3,12,20H2,1-2H3,(H,21,24). The van der Waals surface area contributed by atoms with Gasteiger partial charge >= 0.3 is 6.03 Å². The highest BCUT2D eigenvalue weighted by atomic mass is 16.2. The molecule has 3 rings (SSSR count). The maximum Gasteiger partial charge on any atom is 0.325 e. The second-order valence-electron chi connectivity index (χ2n) is 6.24. The summed E-state index contributed by atoms with van der Waals surface area (Å²) in [7, 11) is 0. The number of benzene rings is 2. The number of carbonyl (C=O) groups excluding carboxylic acids is 2. The predicted molar refractivity (Wildman–Crippen MR) is 93.1 cm³/mol. The van der Waals surface area contributed by atoms with Crippen LogP contribution in [-0.2, 0) is 23.3 Å². The fraction of sp³-hybridized carbons (Fsp3) is 0.263. The first-order valence-corrected chi connectivity index (χ1v) is 8.02. The fourth-order valence-electron chi connectivity index (χ4n) is 2.92. The van der Waals surface area contributed by atoms with Crippen LogP contribution in [0.4, 0.5) is 10.5 Å². The number of aryl methyl sites for hydroxylation is 1. The van der Waals surface area contributed by atoms with Crippen LogP contribution in [0.5, 0.6) is 0 Å². The number of nitrogen functional groups attached to an aromatic ring is 1. The van der Waals surface area contributed by atoms with Crippen molar-refractivity contribution in [2.75, 3.05) is 5.73 Å². The summed E-state index contributed by atoms with van der Waals surface area (Å²) in [6.07, 6.45) is 0.931. The van der Waals surface area contributed by atoms with Crippen LogP contribution in [0.15, 0.2) is 48.5 Å². The first kappa shape index (κ1) is 16.1. The van der Waals surface area contributed by atoms with E-state index in [0.29, 0.717) is 5.69 Å². The number of nitrogens with zero attached hydrogens (tertiary/aromatic N) is 1. The van der Waals surface area contributed by atoms with Crippen molar-refractivity contribution in [1.82, 2.24) is 10.2 Å². The fourth-order valence-corrected chi connectivity index (χ4v) is 2.92. The van der Waals surface area contributed by atoms with Crippen LogP contribution < -0.4 is 11.1 Å². The molecular formula is C19H21N3O2. The molecule has 1 heterocycles. The van der Waals surface area contributed by atoms with Crippen LogP contribution in [0.2, 0.25) is 0 Å². The average molecular weight is 323 g/mol. The SMILES string of the molecule is CCc1ccc(C2(C)NC(=O)N(Cc3ccc(N)cc3)C2=O)cc1. The Morgan fingerprint density at radius 3 is 2.17 bits per heavy atom. The van der Waals surface area contributed by atoms with E-state index in [1.165, 1.54) is 10.5 Å². The summed E-state index contributed by atoms with van der Waals surface area (Å²) in [5.41, 5.74) is 8.13. The molecule has 2 aromatic carbocycles. The van der Waals surface area contributed by atoms with Gasteiger partial charge in [-0.25, -0.2) is 4.79 Å². The van der Waals surface area contributed by atoms with Crippen molar-refractivity contribution in [2.24, 2.45) is 0 Å². The summed E-state index contributed by atoms with van der Waals surface area (Å²) in [5, 5.41) is 2.83. The van der Waals surface area contributed by atoms with E-state index in [9.17, 15) is 9.59 Å². The minimum atomic E-state index is -1.03. The average Bonchev–Trinajstić information content (AvgIpc) is 2.81. The van der Waals surface area contributed by atoms with Crippen molar-refractivity contribution in [2.45, 2.75) is 32.4 Å². The lowest BCUT2D eigenvalue weighted by Crippen LogP contribution is -2.40. The van der Waals surface area contributed by atoms with E-state index >= 15 is 0 Å². The van der Waals surface area contributed by atoms with Crippen LogP contribution in [0.3, 0.4) is 0 Å². The summed E-state index contributed by atoms with van der Waals surface area (Å²) in [6, 6.07) is 14.6. The number of nitrogens with one attached hydrogen (secondary N) is 1. The maximum atomic E-state index is 12.9. The molecule has 0 aromatic heterocycles. The van der Waals surface area contributed by atoms with E-state index in [2.05, 4.69) is 12.2 Å². The van der Waals surface area contributed by atoms with Gasteiger partial charge in [0.2, 0.25) is 0 Å². The van der Waals surface area contributed by atoms with E-state index in [0.717, 1.165) is 17.5 Å². The van der Waals surface area contributed by atoms with Gasteiger partial charge in [0.25, 0.3) is 5.91 Å². The van der Waals surface area contributed by atoms with Gasteiger partial charge in [-0.1, -0.05) is 43.3 Å². The molecule has 1 aliphatic heterocycles. The molecule has 2 aromatic rings. The van der Waals surface area contributed by atoms with E-state index in [1.807, 2.05) is 36.4 Å². The predicted octanol–water partition coefficient (Wildman–Crippen LogP) is 2.80. The summed E-state index contributed by atoms with van der Waals surface area (Å²) >= 11 is 0. The topological polar surface area (TPSA) is 75.4 Å². The smallest absolute Gasteiger partial charge is 0.325 e. The highest BCUT2D eigenvalue weighted by Crippen LogP contribution is 2.30. The molecule has 0 saturated carbocycles. The van der Waals surface area contributed by atoms with Crippen molar-refractivity contribution in [1.29, 1.82) is 0 Å². The van der Waals surface area contributed by atoms with Crippen molar-refractivity contribution >= 4 is 17.6 Å². The number of hydrogen-bond acceptors (Lipinski definition) is 3. The molecule has 1 unspecified atom stereocenters. The number of hydrogen-bond donors (Lipinski definition) is 2. The molecule has 3 N–H and O–H groups in total. The van der Waals surface area contributed by atoms with Gasteiger partial charge in [-0.3, -0.25) is 9.69 Å². The lowest BCUT2D eigenvalue weighted by molar-refractivity contribution is -0.131. The highest BCUT2D eigenvalue weighted by molar-refractivity contribution is 6.07. The third kappa shape index (κ3) is 2.73. The van der Waals surface area contributed by atoms with Crippen LogP contribution in [0.1, 0.15) is 30.5 Å². The second-order valence-corrected chi connectivity index (χ2v) is 6.24. The third-order valence-corrected chi connectivity index (χ3v) is 4.53. The monoisotopic (exact) mass is 323 g/mol. The normalized spacial score (nSPS) is 20.3. The Bertz CT molecular complexity index is 768. The summed E-state index contributed by atoms with van der Waals surface area (Å²) in [4.78, 5) is 26.5. The molecule has 0 aliphatic carbocycles. The van der Waals surface area contributed by atoms with Crippen molar-refractivity contribution in [3.05, 3.63) is 65.2 Å². The van der Waals surface area contributed by atoms with E-state index < -0.39 is 5.54 Å². The molecule has 1 fully saturated rings. The zero-order valence-electron chi connectivity index (χ0n) is 13.9. The van der Waals surface area contributed by atoms with E-state index in [-0.39, 0.29) is 18.5 Å². The molecule has 5 nitrogen and oxygen atoms in total. The number of nitrogens with two attached hydrogens (primary N) is 1. The number of carbonyl (C=O) groups is 2. The number of amides is 3. The van der Waals surface area contributed by atoms with Gasteiger partial charge in [-0.15, -0.1) is 0 Å². The quantitative estimate of drug-likeness (QED) is 0.671. The van der Waals surface area contributed by atoms with Gasteiger partial charge in [0.05, 0.1) is 6.54 Å².